The Hall–Kier alpha value is -2.37. The zero-order chi connectivity index (χ0) is 20.3. The molecule has 1 heterocycles. The summed E-state index contributed by atoms with van der Waals surface area (Å²) in [5.41, 5.74) is -4.55. The smallest absolute Gasteiger partial charge is 0.344 e. The van der Waals surface area contributed by atoms with Crippen LogP contribution in [0, 0.1) is 0 Å². The lowest BCUT2D eigenvalue weighted by Crippen LogP contribution is -2.50. The Morgan fingerprint density at radius 2 is 1.88 bits per heavy atom. The molecule has 0 amide bonds. The number of carbonyl (C=O) groups is 5. The van der Waals surface area contributed by atoms with Crippen molar-refractivity contribution in [1.29, 1.82) is 0 Å². The highest BCUT2D eigenvalue weighted by Gasteiger charge is 2.57. The van der Waals surface area contributed by atoms with Gasteiger partial charge in [-0.15, -0.1) is 0 Å². The Bertz CT molecular complexity index is 627. The van der Waals surface area contributed by atoms with Crippen LogP contribution < -0.4 is 0 Å². The van der Waals surface area contributed by atoms with Crippen molar-refractivity contribution in [2.24, 2.45) is 0 Å². The molecular weight excluding hydrogens is 356 g/mol. The Balaban J connectivity index is 2.78. The molecule has 11 heteroatoms. The Morgan fingerprint density at radius 1 is 1.31 bits per heavy atom. The van der Waals surface area contributed by atoms with Crippen molar-refractivity contribution in [3.05, 3.63) is 0 Å². The van der Waals surface area contributed by atoms with E-state index in [0.717, 1.165) is 21.0 Å². The number of cyclic esters (lactones) is 1. The number of Topliss-reactive ketones (excluding diaryl/α,β-unsaturated/α-hetero) is 2. The number of carboxylic acid groups (broad SMARTS) is 1. The molecular formula is C15H20O11. The van der Waals surface area contributed by atoms with E-state index in [9.17, 15) is 34.2 Å². The Kier molecular flexibility index (Phi) is 6.58. The second-order valence-corrected chi connectivity index (χ2v) is 6.09. The quantitative estimate of drug-likeness (QED) is 0.299. The van der Waals surface area contributed by atoms with Crippen LogP contribution in [0.15, 0.2) is 0 Å². The number of ether oxygens (including phenoxy) is 3. The topological polar surface area (TPSA) is 174 Å². The van der Waals surface area contributed by atoms with Crippen LogP contribution in [-0.2, 0) is 38.2 Å². The number of ketones is 2. The number of hydrogen-bond donors (Lipinski definition) is 3. The number of esters is 2. The average molecular weight is 376 g/mol. The van der Waals surface area contributed by atoms with Crippen molar-refractivity contribution < 1.29 is 53.5 Å². The number of aliphatic carboxylic acids is 1. The van der Waals surface area contributed by atoms with E-state index < -0.39 is 72.3 Å². The number of methoxy groups -OCH3 is 1. The number of hydrogen-bond acceptors (Lipinski definition) is 10. The molecule has 0 aromatic heterocycles. The third-order valence-electron chi connectivity index (χ3n) is 3.94. The lowest BCUT2D eigenvalue weighted by atomic mass is 9.93. The number of rotatable bonds is 9. The Labute approximate surface area is 147 Å². The summed E-state index contributed by atoms with van der Waals surface area (Å²) >= 11 is 0. The third-order valence-corrected chi connectivity index (χ3v) is 3.94. The summed E-state index contributed by atoms with van der Waals surface area (Å²) in [6.45, 7) is 1.58. The van der Waals surface area contributed by atoms with Crippen LogP contribution in [0.1, 0.15) is 26.7 Å². The number of carboxylic acids is 1. The highest BCUT2D eigenvalue weighted by molar-refractivity contribution is 6.11. The van der Waals surface area contributed by atoms with Gasteiger partial charge >= 0.3 is 17.9 Å². The molecule has 1 saturated heterocycles. The summed E-state index contributed by atoms with van der Waals surface area (Å²) in [5.74, 6) is -5.76. The molecule has 0 aromatic carbocycles. The maximum atomic E-state index is 12.0. The summed E-state index contributed by atoms with van der Waals surface area (Å²) in [6, 6.07) is 0. The van der Waals surface area contributed by atoms with Crippen LogP contribution in [0.25, 0.3) is 0 Å². The van der Waals surface area contributed by atoms with E-state index in [-0.39, 0.29) is 0 Å². The van der Waals surface area contributed by atoms with E-state index in [1.165, 1.54) is 0 Å². The fraction of sp³-hybridized carbons (Fsp3) is 0.667. The molecule has 0 aromatic rings. The zero-order valence-electron chi connectivity index (χ0n) is 14.4. The lowest BCUT2D eigenvalue weighted by molar-refractivity contribution is -0.177. The van der Waals surface area contributed by atoms with Crippen LogP contribution in [0.4, 0.5) is 0 Å². The first-order valence-electron chi connectivity index (χ1n) is 7.46. The number of carbonyl (C=O) groups excluding carboxylic acids is 4. The van der Waals surface area contributed by atoms with E-state index in [1.54, 1.807) is 0 Å². The van der Waals surface area contributed by atoms with Gasteiger partial charge in [0.25, 0.3) is 0 Å². The minimum absolute atomic E-state index is 0.632. The molecule has 11 nitrogen and oxygen atoms in total. The maximum absolute atomic E-state index is 12.0. The molecule has 0 saturated carbocycles. The van der Waals surface area contributed by atoms with Gasteiger partial charge in [0.1, 0.15) is 18.5 Å². The molecule has 1 aliphatic heterocycles. The first-order chi connectivity index (χ1) is 11.9. The summed E-state index contributed by atoms with van der Waals surface area (Å²) < 4.78 is 14.6. The average Bonchev–Trinajstić information content (AvgIpc) is 2.70. The SMILES string of the molecule is COC(COC(=O)CC(O)(CC(C)=O)C(=O)O)C1(C)OC(=O)C(O)C1=O. The van der Waals surface area contributed by atoms with Crippen molar-refractivity contribution in [1.82, 2.24) is 0 Å². The molecule has 146 valence electrons. The second kappa shape index (κ2) is 7.89. The molecule has 3 N–H and O–H groups in total. The summed E-state index contributed by atoms with van der Waals surface area (Å²) in [4.78, 5) is 57.3. The lowest BCUT2D eigenvalue weighted by Gasteiger charge is -2.29. The van der Waals surface area contributed by atoms with Crippen molar-refractivity contribution in [3.8, 4) is 0 Å². The minimum atomic E-state index is -2.64. The van der Waals surface area contributed by atoms with Crippen molar-refractivity contribution in [2.75, 3.05) is 13.7 Å². The van der Waals surface area contributed by atoms with Gasteiger partial charge in [-0.2, -0.15) is 0 Å². The monoisotopic (exact) mass is 376 g/mol. The summed E-state index contributed by atoms with van der Waals surface area (Å²) in [7, 11) is 1.14. The molecule has 4 unspecified atom stereocenters. The minimum Gasteiger partial charge on any atom is -0.479 e. The molecule has 0 bridgehead atoms. The van der Waals surface area contributed by atoms with Crippen LogP contribution in [-0.4, -0.2) is 81.9 Å². The van der Waals surface area contributed by atoms with Crippen molar-refractivity contribution >= 4 is 29.5 Å². The molecule has 4 atom stereocenters. The van der Waals surface area contributed by atoms with Gasteiger partial charge in [0.05, 0.1) is 6.42 Å². The molecule has 1 fully saturated rings. The van der Waals surface area contributed by atoms with E-state index in [0.29, 0.717) is 0 Å². The van der Waals surface area contributed by atoms with E-state index >= 15 is 0 Å². The van der Waals surface area contributed by atoms with E-state index in [2.05, 4.69) is 0 Å². The van der Waals surface area contributed by atoms with Gasteiger partial charge in [0, 0.05) is 13.5 Å². The Morgan fingerprint density at radius 3 is 2.27 bits per heavy atom. The van der Waals surface area contributed by atoms with Gasteiger partial charge in [-0.25, -0.2) is 9.59 Å². The largest absolute Gasteiger partial charge is 0.479 e. The normalized spacial score (nSPS) is 26.0. The van der Waals surface area contributed by atoms with Gasteiger partial charge in [0.15, 0.2) is 11.2 Å². The van der Waals surface area contributed by atoms with Crippen molar-refractivity contribution in [3.63, 3.8) is 0 Å². The fourth-order valence-corrected chi connectivity index (χ4v) is 2.45. The van der Waals surface area contributed by atoms with Crippen LogP contribution in [0.2, 0.25) is 0 Å². The first-order valence-corrected chi connectivity index (χ1v) is 7.46. The van der Waals surface area contributed by atoms with Gasteiger partial charge < -0.3 is 29.5 Å². The van der Waals surface area contributed by atoms with Gasteiger partial charge in [-0.3, -0.25) is 14.4 Å². The third kappa shape index (κ3) is 4.42. The molecule has 26 heavy (non-hydrogen) atoms. The van der Waals surface area contributed by atoms with Crippen molar-refractivity contribution in [2.45, 2.75) is 50.1 Å². The highest BCUT2D eigenvalue weighted by Crippen LogP contribution is 2.29. The fourth-order valence-electron chi connectivity index (χ4n) is 2.45. The molecule has 1 aliphatic rings. The highest BCUT2D eigenvalue weighted by atomic mass is 16.6. The predicted molar refractivity (Wildman–Crippen MR) is 79.8 cm³/mol. The zero-order valence-corrected chi connectivity index (χ0v) is 14.4. The van der Waals surface area contributed by atoms with Crippen LogP contribution >= 0.6 is 0 Å². The van der Waals surface area contributed by atoms with Gasteiger partial charge in [0.2, 0.25) is 11.9 Å². The first kappa shape index (κ1) is 21.7. The summed E-state index contributed by atoms with van der Waals surface area (Å²) in [5, 5.41) is 28.3. The molecule has 0 spiro atoms. The second-order valence-electron chi connectivity index (χ2n) is 6.09. The van der Waals surface area contributed by atoms with Crippen LogP contribution in [0.3, 0.4) is 0 Å². The van der Waals surface area contributed by atoms with Gasteiger partial charge in [-0.05, 0) is 13.8 Å². The standard InChI is InChI=1S/C15H20O11/c1-7(16)4-15(23,13(21)22)5-9(17)25-6-8(24-3)14(2)11(19)10(18)12(20)26-14/h8,10,18,23H,4-6H2,1-3H3,(H,21,22). The predicted octanol–water partition coefficient (Wildman–Crippen LogP) is -2.02. The van der Waals surface area contributed by atoms with E-state index in [1.807, 2.05) is 0 Å². The van der Waals surface area contributed by atoms with Crippen LogP contribution in [0.5, 0.6) is 0 Å². The maximum Gasteiger partial charge on any atom is 0.344 e. The molecule has 0 aliphatic carbocycles. The molecule has 1 rings (SSSR count). The summed E-state index contributed by atoms with van der Waals surface area (Å²) in [6.07, 6.45) is -5.09. The molecule has 0 radical (unpaired) electrons. The number of aliphatic hydroxyl groups excluding tert-OH is 1. The number of aliphatic hydroxyl groups is 2. The van der Waals surface area contributed by atoms with Gasteiger partial charge in [-0.1, -0.05) is 0 Å². The van der Waals surface area contributed by atoms with E-state index in [4.69, 9.17) is 19.3 Å².